The minimum Gasteiger partial charge on any atom is -0.359 e. The lowest BCUT2D eigenvalue weighted by Gasteiger charge is -2.41. The second-order valence-electron chi connectivity index (χ2n) is 8.41. The summed E-state index contributed by atoms with van der Waals surface area (Å²) < 4.78 is 68.3. The number of rotatable bonds is 5. The molecule has 2 heterocycles. The van der Waals surface area contributed by atoms with Crippen LogP contribution in [0.3, 0.4) is 0 Å². The molecule has 0 atom stereocenters. The molecule has 3 nitrogen and oxygen atoms in total. The zero-order valence-corrected chi connectivity index (χ0v) is 18.0. The molecule has 0 aromatic heterocycles. The fraction of sp³-hybridized carbons (Fsp3) is 0.250. The van der Waals surface area contributed by atoms with Crippen molar-refractivity contribution in [2.24, 2.45) is 0 Å². The van der Waals surface area contributed by atoms with Crippen LogP contribution < -0.4 is 25.7 Å². The normalized spacial score (nSPS) is 19.2. The van der Waals surface area contributed by atoms with Crippen molar-refractivity contribution in [3.8, 4) is 0 Å². The van der Waals surface area contributed by atoms with Gasteiger partial charge in [0.15, 0.2) is 7.14 Å². The summed E-state index contributed by atoms with van der Waals surface area (Å²) in [4.78, 5) is 3.11. The fourth-order valence-corrected chi connectivity index (χ4v) is 6.95. The van der Waals surface area contributed by atoms with Gasteiger partial charge < -0.3 is 14.4 Å². The molecular weight excluding hydrogens is 439 g/mol. The van der Waals surface area contributed by atoms with Crippen molar-refractivity contribution in [3.05, 3.63) is 78.9 Å². The summed E-state index contributed by atoms with van der Waals surface area (Å²) in [6.07, 6.45) is 0. The fourth-order valence-electron chi connectivity index (χ4n) is 4.25. The molecule has 0 radical (unpaired) electrons. The molecule has 0 aliphatic carbocycles. The molecule has 0 saturated carbocycles. The molecule has 2 aliphatic heterocycles. The number of halogens is 4. The van der Waals surface area contributed by atoms with E-state index >= 15 is 0 Å². The second kappa shape index (κ2) is 7.38. The Morgan fingerprint density at radius 3 is 1.41 bits per heavy atom. The number of benzene rings is 3. The minimum atomic E-state index is -3.38. The van der Waals surface area contributed by atoms with Crippen LogP contribution in [-0.4, -0.2) is 38.0 Å². The molecule has 0 spiro atoms. The molecule has 166 valence electrons. The molecule has 0 N–H and O–H groups in total. The van der Waals surface area contributed by atoms with Crippen molar-refractivity contribution in [2.45, 2.75) is 11.8 Å². The lowest BCUT2D eigenvalue weighted by atomic mass is 10.1. The van der Waals surface area contributed by atoms with E-state index in [2.05, 4.69) is 0 Å². The van der Waals surface area contributed by atoms with Crippen LogP contribution in [0.1, 0.15) is 0 Å². The van der Waals surface area contributed by atoms with Crippen molar-refractivity contribution in [2.75, 3.05) is 36.0 Å². The van der Waals surface area contributed by atoms with Crippen LogP contribution in [-0.2, 0) is 4.57 Å². The Kier molecular flexibility index (Phi) is 4.86. The summed E-state index contributed by atoms with van der Waals surface area (Å²) in [7, 11) is -3.38. The predicted octanol–water partition coefficient (Wildman–Crippen LogP) is 4.24. The van der Waals surface area contributed by atoms with E-state index in [0.29, 0.717) is 27.3 Å². The van der Waals surface area contributed by atoms with E-state index in [1.54, 1.807) is 82.6 Å². The van der Waals surface area contributed by atoms with Crippen LogP contribution in [0.25, 0.3) is 0 Å². The highest BCUT2D eigenvalue weighted by Crippen LogP contribution is 2.45. The third kappa shape index (κ3) is 3.69. The first-order valence-corrected chi connectivity index (χ1v) is 12.0. The Morgan fingerprint density at radius 1 is 0.594 bits per heavy atom. The van der Waals surface area contributed by atoms with Gasteiger partial charge in [-0.3, -0.25) is 0 Å². The first-order valence-electron chi connectivity index (χ1n) is 10.3. The van der Waals surface area contributed by atoms with E-state index in [9.17, 15) is 22.1 Å². The molecule has 32 heavy (non-hydrogen) atoms. The van der Waals surface area contributed by atoms with E-state index in [0.717, 1.165) is 0 Å². The Morgan fingerprint density at radius 2 is 1.00 bits per heavy atom. The van der Waals surface area contributed by atoms with Gasteiger partial charge in [-0.25, -0.2) is 17.6 Å². The van der Waals surface area contributed by atoms with Gasteiger partial charge in [-0.15, -0.1) is 0 Å². The zero-order valence-electron chi connectivity index (χ0n) is 17.1. The maximum absolute atomic E-state index is 14.7. The van der Waals surface area contributed by atoms with E-state index in [-0.39, 0.29) is 26.2 Å². The number of anilines is 2. The van der Waals surface area contributed by atoms with Crippen molar-refractivity contribution in [1.29, 1.82) is 0 Å². The van der Waals surface area contributed by atoms with Crippen molar-refractivity contribution in [1.82, 2.24) is 0 Å². The molecule has 2 saturated heterocycles. The maximum atomic E-state index is 14.7. The zero-order chi connectivity index (χ0) is 22.6. The van der Waals surface area contributed by atoms with Gasteiger partial charge in [-0.1, -0.05) is 54.6 Å². The van der Waals surface area contributed by atoms with Crippen molar-refractivity contribution < 1.29 is 22.1 Å². The molecule has 0 unspecified atom stereocenters. The summed E-state index contributed by atoms with van der Waals surface area (Å²) >= 11 is 0. The van der Waals surface area contributed by atoms with Gasteiger partial charge in [0.25, 0.3) is 11.8 Å². The molecule has 2 aliphatic rings. The highest BCUT2D eigenvalue weighted by atomic mass is 31.2. The highest BCUT2D eigenvalue weighted by Gasteiger charge is 2.45. The molecule has 0 bridgehead atoms. The van der Waals surface area contributed by atoms with Crippen LogP contribution in [0, 0.1) is 0 Å². The average Bonchev–Trinajstić information content (AvgIpc) is 2.76. The third-order valence-electron chi connectivity index (χ3n) is 5.93. The SMILES string of the molecule is O=P(c1ccccc1)(c1cccc(N2CC(F)(F)C2)c1)c1cccc(N2CC(F)(F)C2)c1. The van der Waals surface area contributed by atoms with Crippen LogP contribution in [0.4, 0.5) is 28.9 Å². The van der Waals surface area contributed by atoms with Crippen LogP contribution >= 0.6 is 7.14 Å². The van der Waals surface area contributed by atoms with Gasteiger partial charge in [-0.05, 0) is 24.3 Å². The van der Waals surface area contributed by atoms with E-state index < -0.39 is 19.0 Å². The second-order valence-corrected chi connectivity index (χ2v) is 11.2. The Hall–Kier alpha value is -2.79. The van der Waals surface area contributed by atoms with Gasteiger partial charge >= 0.3 is 0 Å². The Labute approximate surface area is 183 Å². The third-order valence-corrected chi connectivity index (χ3v) is 8.96. The largest absolute Gasteiger partial charge is 0.359 e. The maximum Gasteiger partial charge on any atom is 0.282 e. The van der Waals surface area contributed by atoms with E-state index in [4.69, 9.17) is 0 Å². The smallest absolute Gasteiger partial charge is 0.282 e. The van der Waals surface area contributed by atoms with E-state index in [1.165, 1.54) is 0 Å². The first-order chi connectivity index (χ1) is 15.2. The molecule has 5 rings (SSSR count). The van der Waals surface area contributed by atoms with Crippen molar-refractivity contribution in [3.63, 3.8) is 0 Å². The number of alkyl halides is 4. The molecule has 3 aromatic carbocycles. The van der Waals surface area contributed by atoms with Gasteiger partial charge in [0.1, 0.15) is 0 Å². The molecule has 0 amide bonds. The monoisotopic (exact) mass is 460 g/mol. The lowest BCUT2D eigenvalue weighted by molar-refractivity contribution is -0.0268. The predicted molar refractivity (Wildman–Crippen MR) is 120 cm³/mol. The van der Waals surface area contributed by atoms with Crippen LogP contribution in [0.15, 0.2) is 78.9 Å². The summed E-state index contributed by atoms with van der Waals surface area (Å²) in [5, 5.41) is 1.63. The lowest BCUT2D eigenvalue weighted by Crippen LogP contribution is -2.56. The summed E-state index contributed by atoms with van der Waals surface area (Å²) in [5.74, 6) is -5.43. The Bertz CT molecular complexity index is 1110. The molecular formula is C24H21F4N2OP. The van der Waals surface area contributed by atoms with E-state index in [1.807, 2.05) is 6.07 Å². The molecule has 2 fully saturated rings. The van der Waals surface area contributed by atoms with Gasteiger partial charge in [-0.2, -0.15) is 0 Å². The summed E-state index contributed by atoms with van der Waals surface area (Å²) in [5.41, 5.74) is 1.17. The highest BCUT2D eigenvalue weighted by molar-refractivity contribution is 7.85. The molecule has 8 heteroatoms. The quantitative estimate of drug-likeness (QED) is 0.421. The summed E-state index contributed by atoms with van der Waals surface area (Å²) in [6.45, 7) is -1.48. The Balaban J connectivity index is 1.58. The topological polar surface area (TPSA) is 23.6 Å². The molecule has 3 aromatic rings. The van der Waals surface area contributed by atoms with Gasteiger partial charge in [0, 0.05) is 27.3 Å². The summed E-state index contributed by atoms with van der Waals surface area (Å²) in [6, 6.07) is 22.7. The number of nitrogens with zero attached hydrogens (tertiary/aromatic N) is 2. The minimum absolute atomic E-state index is 0.370. The van der Waals surface area contributed by atoms with Gasteiger partial charge in [0.05, 0.1) is 26.2 Å². The number of hydrogen-bond donors (Lipinski definition) is 0. The number of hydrogen-bond acceptors (Lipinski definition) is 3. The average molecular weight is 460 g/mol. The van der Waals surface area contributed by atoms with Crippen molar-refractivity contribution >= 4 is 34.4 Å². The van der Waals surface area contributed by atoms with Crippen LogP contribution in [0.5, 0.6) is 0 Å². The van der Waals surface area contributed by atoms with Crippen LogP contribution in [0.2, 0.25) is 0 Å². The van der Waals surface area contributed by atoms with Gasteiger partial charge in [0.2, 0.25) is 0 Å². The standard InChI is InChI=1S/C24H21F4N2OP/c25-23(26)14-29(15-23)18-6-4-10-21(12-18)32(31,20-8-2-1-3-9-20)22-11-5-7-19(13-22)30-16-24(27,28)17-30/h1-13H,14-17H2. The first kappa shape index (κ1) is 21.1.